The minimum Gasteiger partial charge on any atom is -0.348 e. The van der Waals surface area contributed by atoms with E-state index < -0.39 is 0 Å². The zero-order valence-electron chi connectivity index (χ0n) is 10.8. The van der Waals surface area contributed by atoms with Crippen molar-refractivity contribution in [3.63, 3.8) is 0 Å². The molecule has 0 aliphatic heterocycles. The largest absolute Gasteiger partial charge is 0.348 e. The Morgan fingerprint density at radius 1 is 1.11 bits per heavy atom. The third-order valence-electron chi connectivity index (χ3n) is 3.07. The number of alkyl halides is 1. The Kier molecular flexibility index (Phi) is 4.58. The van der Waals surface area contributed by atoms with Crippen molar-refractivity contribution in [3.8, 4) is 0 Å². The van der Waals surface area contributed by atoms with Crippen LogP contribution in [0.1, 0.15) is 27.0 Å². The summed E-state index contributed by atoms with van der Waals surface area (Å²) in [6, 6.07) is 15.4. The predicted molar refractivity (Wildman–Crippen MR) is 78.3 cm³/mol. The van der Waals surface area contributed by atoms with Crippen LogP contribution in [-0.4, -0.2) is 5.91 Å². The topological polar surface area (TPSA) is 29.1 Å². The van der Waals surface area contributed by atoms with Gasteiger partial charge in [-0.05, 0) is 35.7 Å². The van der Waals surface area contributed by atoms with Crippen LogP contribution in [0.2, 0.25) is 0 Å². The maximum absolute atomic E-state index is 12.0. The van der Waals surface area contributed by atoms with Gasteiger partial charge in [-0.1, -0.05) is 36.4 Å². The molecular formula is C16H16ClNO. The number of halogens is 1. The Bertz CT molecular complexity index is 563. The van der Waals surface area contributed by atoms with Crippen LogP contribution in [0.4, 0.5) is 0 Å². The zero-order valence-corrected chi connectivity index (χ0v) is 11.6. The molecular weight excluding hydrogens is 258 g/mol. The summed E-state index contributed by atoms with van der Waals surface area (Å²) in [4.78, 5) is 12.0. The Morgan fingerprint density at radius 3 is 2.42 bits per heavy atom. The third kappa shape index (κ3) is 3.58. The lowest BCUT2D eigenvalue weighted by Gasteiger charge is -2.08. The molecule has 0 heterocycles. The van der Waals surface area contributed by atoms with E-state index in [2.05, 4.69) is 5.32 Å². The van der Waals surface area contributed by atoms with Gasteiger partial charge in [0.25, 0.3) is 5.91 Å². The third-order valence-corrected chi connectivity index (χ3v) is 3.38. The molecule has 1 N–H and O–H groups in total. The number of benzene rings is 2. The quantitative estimate of drug-likeness (QED) is 0.846. The highest BCUT2D eigenvalue weighted by atomic mass is 35.5. The van der Waals surface area contributed by atoms with Gasteiger partial charge >= 0.3 is 0 Å². The molecule has 98 valence electrons. The fraction of sp³-hybridized carbons (Fsp3) is 0.188. The second kappa shape index (κ2) is 6.39. The molecule has 2 rings (SSSR count). The van der Waals surface area contributed by atoms with E-state index in [9.17, 15) is 4.79 Å². The number of carbonyl (C=O) groups is 1. The van der Waals surface area contributed by atoms with Gasteiger partial charge in [0.15, 0.2) is 0 Å². The number of carbonyl (C=O) groups excluding carboxylic acids is 1. The first-order valence-corrected chi connectivity index (χ1v) is 6.72. The van der Waals surface area contributed by atoms with Crippen LogP contribution in [0.15, 0.2) is 48.5 Å². The summed E-state index contributed by atoms with van der Waals surface area (Å²) < 4.78 is 0. The molecule has 19 heavy (non-hydrogen) atoms. The fourth-order valence-corrected chi connectivity index (χ4v) is 2.01. The molecule has 2 nitrogen and oxygen atoms in total. The Balaban J connectivity index is 1.99. The molecule has 0 fully saturated rings. The van der Waals surface area contributed by atoms with Crippen LogP contribution in [0.25, 0.3) is 0 Å². The number of amides is 1. The van der Waals surface area contributed by atoms with Crippen molar-refractivity contribution < 1.29 is 4.79 Å². The maximum atomic E-state index is 12.0. The van der Waals surface area contributed by atoms with E-state index in [1.54, 1.807) is 12.1 Å². The summed E-state index contributed by atoms with van der Waals surface area (Å²) in [5.41, 5.74) is 3.98. The molecule has 2 aromatic carbocycles. The molecule has 1 amide bonds. The summed E-state index contributed by atoms with van der Waals surface area (Å²) in [5, 5.41) is 2.92. The summed E-state index contributed by atoms with van der Waals surface area (Å²) in [7, 11) is 0. The molecule has 0 aliphatic rings. The van der Waals surface area contributed by atoms with Crippen molar-refractivity contribution in [2.45, 2.75) is 19.3 Å². The van der Waals surface area contributed by atoms with Gasteiger partial charge in [-0.3, -0.25) is 4.79 Å². The smallest absolute Gasteiger partial charge is 0.251 e. The normalized spacial score (nSPS) is 10.2. The van der Waals surface area contributed by atoms with Gasteiger partial charge in [-0.15, -0.1) is 11.6 Å². The first-order chi connectivity index (χ1) is 9.20. The summed E-state index contributed by atoms with van der Waals surface area (Å²) in [6.45, 7) is 2.58. The monoisotopic (exact) mass is 273 g/mol. The first kappa shape index (κ1) is 13.6. The second-order valence-electron chi connectivity index (χ2n) is 4.44. The van der Waals surface area contributed by atoms with E-state index in [0.29, 0.717) is 18.0 Å². The van der Waals surface area contributed by atoms with E-state index in [4.69, 9.17) is 11.6 Å². The lowest BCUT2D eigenvalue weighted by Crippen LogP contribution is -2.23. The van der Waals surface area contributed by atoms with E-state index in [1.165, 1.54) is 5.56 Å². The SMILES string of the molecule is Cc1ccccc1CNC(=O)c1ccc(CCl)cc1. The minimum atomic E-state index is -0.0654. The standard InChI is InChI=1S/C16H16ClNO/c1-12-4-2-3-5-15(12)11-18-16(19)14-8-6-13(10-17)7-9-14/h2-9H,10-11H2,1H3,(H,18,19). The predicted octanol–water partition coefficient (Wildman–Crippen LogP) is 3.66. The summed E-state index contributed by atoms with van der Waals surface area (Å²) in [6.07, 6.45) is 0. The van der Waals surface area contributed by atoms with E-state index in [1.807, 2.05) is 43.3 Å². The fourth-order valence-electron chi connectivity index (χ4n) is 1.83. The molecule has 0 aliphatic carbocycles. The van der Waals surface area contributed by atoms with Crippen molar-refractivity contribution in [1.82, 2.24) is 5.32 Å². The number of rotatable bonds is 4. The molecule has 0 saturated heterocycles. The lowest BCUT2D eigenvalue weighted by atomic mass is 10.1. The van der Waals surface area contributed by atoms with Crippen LogP contribution in [-0.2, 0) is 12.4 Å². The second-order valence-corrected chi connectivity index (χ2v) is 4.71. The first-order valence-electron chi connectivity index (χ1n) is 6.18. The van der Waals surface area contributed by atoms with E-state index in [0.717, 1.165) is 11.1 Å². The van der Waals surface area contributed by atoms with Crippen LogP contribution in [0, 0.1) is 6.92 Å². The lowest BCUT2D eigenvalue weighted by molar-refractivity contribution is 0.0951. The highest BCUT2D eigenvalue weighted by Gasteiger charge is 2.05. The van der Waals surface area contributed by atoms with Crippen molar-refractivity contribution in [2.24, 2.45) is 0 Å². The number of nitrogens with one attached hydrogen (secondary N) is 1. The van der Waals surface area contributed by atoms with Gasteiger partial charge in [0, 0.05) is 18.0 Å². The van der Waals surface area contributed by atoms with Crippen LogP contribution < -0.4 is 5.32 Å². The van der Waals surface area contributed by atoms with Crippen LogP contribution in [0.3, 0.4) is 0 Å². The zero-order chi connectivity index (χ0) is 13.7. The number of hydrogen-bond acceptors (Lipinski definition) is 1. The van der Waals surface area contributed by atoms with Gasteiger partial charge in [0.05, 0.1) is 0 Å². The highest BCUT2D eigenvalue weighted by molar-refractivity contribution is 6.17. The van der Waals surface area contributed by atoms with Crippen molar-refractivity contribution >= 4 is 17.5 Å². The van der Waals surface area contributed by atoms with Crippen LogP contribution >= 0.6 is 11.6 Å². The number of hydrogen-bond donors (Lipinski definition) is 1. The average molecular weight is 274 g/mol. The van der Waals surface area contributed by atoms with Crippen molar-refractivity contribution in [3.05, 3.63) is 70.8 Å². The van der Waals surface area contributed by atoms with Gasteiger partial charge < -0.3 is 5.32 Å². The average Bonchev–Trinajstić information content (AvgIpc) is 2.46. The molecule has 0 atom stereocenters. The van der Waals surface area contributed by atoms with E-state index >= 15 is 0 Å². The van der Waals surface area contributed by atoms with Crippen molar-refractivity contribution in [2.75, 3.05) is 0 Å². The molecule has 0 aromatic heterocycles. The molecule has 0 saturated carbocycles. The van der Waals surface area contributed by atoms with Crippen molar-refractivity contribution in [1.29, 1.82) is 0 Å². The highest BCUT2D eigenvalue weighted by Crippen LogP contribution is 2.09. The van der Waals surface area contributed by atoms with Gasteiger partial charge in [-0.2, -0.15) is 0 Å². The Labute approximate surface area is 118 Å². The summed E-state index contributed by atoms with van der Waals surface area (Å²) >= 11 is 5.72. The Morgan fingerprint density at radius 2 is 1.79 bits per heavy atom. The Hall–Kier alpha value is -1.80. The molecule has 3 heteroatoms. The molecule has 0 unspecified atom stereocenters. The maximum Gasteiger partial charge on any atom is 0.251 e. The van der Waals surface area contributed by atoms with Gasteiger partial charge in [-0.25, -0.2) is 0 Å². The number of aryl methyl sites for hydroxylation is 1. The minimum absolute atomic E-state index is 0.0654. The molecule has 0 radical (unpaired) electrons. The molecule has 0 bridgehead atoms. The molecule has 0 spiro atoms. The van der Waals surface area contributed by atoms with Gasteiger partial charge in [0.2, 0.25) is 0 Å². The summed E-state index contributed by atoms with van der Waals surface area (Å²) in [5.74, 6) is 0.398. The molecule has 2 aromatic rings. The van der Waals surface area contributed by atoms with E-state index in [-0.39, 0.29) is 5.91 Å². The van der Waals surface area contributed by atoms with Crippen LogP contribution in [0.5, 0.6) is 0 Å². The van der Waals surface area contributed by atoms with Gasteiger partial charge in [0.1, 0.15) is 0 Å².